The largest absolute Gasteiger partial charge is 0.673 e. The van der Waals surface area contributed by atoms with Crippen molar-refractivity contribution in [3.63, 3.8) is 0 Å². The van der Waals surface area contributed by atoms with E-state index in [1.165, 1.54) is 0 Å². The number of rotatable bonds is 8. The van der Waals surface area contributed by atoms with E-state index in [2.05, 4.69) is 35.6 Å². The molecule has 0 aliphatic carbocycles. The summed E-state index contributed by atoms with van der Waals surface area (Å²) in [5, 5.41) is 13.5. The van der Waals surface area contributed by atoms with E-state index in [-0.39, 0.29) is 0 Å². The molecule has 1 aromatic heterocycles. The van der Waals surface area contributed by atoms with E-state index in [0.29, 0.717) is 5.75 Å². The van der Waals surface area contributed by atoms with Crippen molar-refractivity contribution in [1.29, 1.82) is 0 Å². The number of pyridine rings is 1. The summed E-state index contributed by atoms with van der Waals surface area (Å²) in [6, 6.07) is 1.96. The molecule has 0 amide bonds. The summed E-state index contributed by atoms with van der Waals surface area (Å²) in [7, 11) is -6.00. The Morgan fingerprint density at radius 2 is 1.71 bits per heavy atom. The maximum atomic E-state index is 10.2. The van der Waals surface area contributed by atoms with Gasteiger partial charge in [0.15, 0.2) is 6.20 Å². The molecule has 0 saturated carbocycles. The number of aromatic nitrogens is 1. The molecule has 0 spiro atoms. The van der Waals surface area contributed by atoms with Gasteiger partial charge in [-0.1, -0.05) is 20.8 Å². The topological polar surface area (TPSA) is 39.4 Å². The van der Waals surface area contributed by atoms with Crippen LogP contribution in [0.15, 0.2) is 12.3 Å². The van der Waals surface area contributed by atoms with Crippen molar-refractivity contribution in [2.75, 3.05) is 31.5 Å². The minimum absolute atomic E-state index is 0.371. The number of aryl methyl sites for hydroxylation is 1. The third kappa shape index (κ3) is 9.59. The van der Waals surface area contributed by atoms with E-state index in [0.717, 1.165) is 50.5 Å². The Bertz CT molecular complexity index is 477. The number of hydrogen-bond donors (Lipinski definition) is 2. The van der Waals surface area contributed by atoms with Crippen LogP contribution < -0.4 is 9.88 Å². The Morgan fingerprint density at radius 1 is 1.17 bits per heavy atom. The highest BCUT2D eigenvalue weighted by molar-refractivity contribution is 6.50. The molecule has 0 aromatic carbocycles. The van der Waals surface area contributed by atoms with Gasteiger partial charge in [-0.05, 0) is 13.1 Å². The molecular weight excluding hydrogens is 325 g/mol. The van der Waals surface area contributed by atoms with Gasteiger partial charge in [-0.25, -0.2) is 0 Å². The van der Waals surface area contributed by atoms with Gasteiger partial charge < -0.3 is 32.6 Å². The Morgan fingerprint density at radius 3 is 2.17 bits per heavy atom. The summed E-state index contributed by atoms with van der Waals surface area (Å²) in [4.78, 5) is 2.36. The summed E-state index contributed by atoms with van der Waals surface area (Å²) in [6.07, 6.45) is 3.11. The minimum Gasteiger partial charge on any atom is -0.501 e. The molecular formula is C15H28BF4N3O. The molecule has 1 rings (SSSR count). The van der Waals surface area contributed by atoms with Crippen molar-refractivity contribution in [3.05, 3.63) is 18.0 Å². The van der Waals surface area contributed by atoms with Crippen LogP contribution in [0.2, 0.25) is 0 Å². The molecule has 4 nitrogen and oxygen atoms in total. The van der Waals surface area contributed by atoms with Crippen LogP contribution in [0.1, 0.15) is 32.9 Å². The predicted molar refractivity (Wildman–Crippen MR) is 89.8 cm³/mol. The molecule has 140 valence electrons. The number of likely N-dealkylation sites (N-methyl/N-ethyl adjacent to an activating group) is 1. The first-order valence-electron chi connectivity index (χ1n) is 8.19. The van der Waals surface area contributed by atoms with Gasteiger partial charge in [-0.2, -0.15) is 4.57 Å². The summed E-state index contributed by atoms with van der Waals surface area (Å²) < 4.78 is 41.1. The fourth-order valence-electron chi connectivity index (χ4n) is 2.20. The van der Waals surface area contributed by atoms with Crippen LogP contribution in [0, 0.1) is 6.92 Å². The standard InChI is InChI=1S/C15H27N3O.BF4/c1-5-10-18-11-8-14(15(19)13(18)4)16-9-12-17(6-2)7-3;2-1(3,4)5/h8,11,19H,5-7,9-10,12H2,1-4H3;/q;-1/p+1. The van der Waals surface area contributed by atoms with E-state index in [1.54, 1.807) is 0 Å². The Balaban J connectivity index is 0.000000922. The fraction of sp³-hybridized carbons (Fsp3) is 0.667. The van der Waals surface area contributed by atoms with Gasteiger partial charge in [0.2, 0.25) is 11.4 Å². The molecule has 9 heteroatoms. The Kier molecular flexibility index (Phi) is 10.4. The molecule has 0 unspecified atom stereocenters. The molecule has 0 aliphatic rings. The number of anilines is 1. The maximum absolute atomic E-state index is 10.2. The van der Waals surface area contributed by atoms with E-state index in [4.69, 9.17) is 0 Å². The first-order valence-corrected chi connectivity index (χ1v) is 8.19. The third-order valence-corrected chi connectivity index (χ3v) is 3.55. The normalized spacial score (nSPS) is 11.2. The summed E-state index contributed by atoms with van der Waals surface area (Å²) in [5.41, 5.74) is 1.76. The van der Waals surface area contributed by atoms with Crippen LogP contribution in [0.4, 0.5) is 23.0 Å². The van der Waals surface area contributed by atoms with Crippen molar-refractivity contribution in [1.82, 2.24) is 4.90 Å². The molecule has 1 aromatic rings. The lowest BCUT2D eigenvalue weighted by Crippen LogP contribution is -2.36. The lowest BCUT2D eigenvalue weighted by molar-refractivity contribution is -0.703. The van der Waals surface area contributed by atoms with Crippen LogP contribution >= 0.6 is 0 Å². The van der Waals surface area contributed by atoms with Crippen molar-refractivity contribution in [2.45, 2.75) is 40.7 Å². The van der Waals surface area contributed by atoms with E-state index in [9.17, 15) is 22.4 Å². The van der Waals surface area contributed by atoms with Crippen molar-refractivity contribution in [2.24, 2.45) is 0 Å². The van der Waals surface area contributed by atoms with Crippen molar-refractivity contribution < 1.29 is 26.9 Å². The lowest BCUT2D eigenvalue weighted by Gasteiger charge is -2.18. The second-order valence-corrected chi connectivity index (χ2v) is 5.31. The Hall–Kier alpha value is -1.51. The van der Waals surface area contributed by atoms with Crippen LogP contribution in [0.5, 0.6) is 5.75 Å². The summed E-state index contributed by atoms with van der Waals surface area (Å²) in [5.74, 6) is 0.371. The second kappa shape index (κ2) is 11.1. The summed E-state index contributed by atoms with van der Waals surface area (Å²) >= 11 is 0. The average molecular weight is 353 g/mol. The zero-order chi connectivity index (χ0) is 18.8. The highest BCUT2D eigenvalue weighted by Crippen LogP contribution is 2.23. The number of halogens is 4. The molecule has 0 atom stereocenters. The zero-order valence-corrected chi connectivity index (χ0v) is 14.8. The predicted octanol–water partition coefficient (Wildman–Crippen LogP) is 3.45. The van der Waals surface area contributed by atoms with Crippen LogP contribution in [0.25, 0.3) is 0 Å². The zero-order valence-electron chi connectivity index (χ0n) is 14.8. The van der Waals surface area contributed by atoms with Gasteiger partial charge in [0.25, 0.3) is 0 Å². The highest BCUT2D eigenvalue weighted by Gasteiger charge is 2.20. The van der Waals surface area contributed by atoms with E-state index < -0.39 is 7.25 Å². The van der Waals surface area contributed by atoms with E-state index in [1.807, 2.05) is 19.2 Å². The second-order valence-electron chi connectivity index (χ2n) is 5.31. The fourth-order valence-corrected chi connectivity index (χ4v) is 2.20. The van der Waals surface area contributed by atoms with Gasteiger partial charge in [-0.3, -0.25) is 0 Å². The number of aromatic hydroxyl groups is 1. The number of nitrogens with one attached hydrogen (secondary N) is 1. The SMILES string of the molecule is CCC[n+]1ccc(NCCN(CC)CC)c(O)c1C.F[B-](F)(F)F. The number of hydrogen-bond acceptors (Lipinski definition) is 3. The monoisotopic (exact) mass is 353 g/mol. The molecule has 2 N–H and O–H groups in total. The molecule has 0 saturated heterocycles. The molecule has 0 fully saturated rings. The molecule has 1 heterocycles. The van der Waals surface area contributed by atoms with Crippen molar-refractivity contribution >= 4 is 12.9 Å². The van der Waals surface area contributed by atoms with Gasteiger partial charge in [0, 0.05) is 32.5 Å². The third-order valence-electron chi connectivity index (χ3n) is 3.55. The Labute approximate surface area is 141 Å². The molecule has 24 heavy (non-hydrogen) atoms. The van der Waals surface area contributed by atoms with Gasteiger partial charge >= 0.3 is 7.25 Å². The first-order chi connectivity index (χ1) is 11.1. The van der Waals surface area contributed by atoms with Crippen molar-refractivity contribution in [3.8, 4) is 5.75 Å². The first kappa shape index (κ1) is 22.5. The van der Waals surface area contributed by atoms with Crippen LogP contribution in [-0.4, -0.2) is 43.4 Å². The van der Waals surface area contributed by atoms with Crippen LogP contribution in [-0.2, 0) is 6.54 Å². The summed E-state index contributed by atoms with van der Waals surface area (Å²) in [6.45, 7) is 13.4. The smallest absolute Gasteiger partial charge is 0.501 e. The number of nitrogens with zero attached hydrogens (tertiary/aromatic N) is 2. The highest BCUT2D eigenvalue weighted by atomic mass is 19.5. The van der Waals surface area contributed by atoms with Gasteiger partial charge in [0.05, 0.1) is 5.69 Å². The molecule has 0 aliphatic heterocycles. The molecule has 0 radical (unpaired) electrons. The lowest BCUT2D eigenvalue weighted by atomic mass is 10.2. The van der Waals surface area contributed by atoms with E-state index >= 15 is 0 Å². The maximum Gasteiger partial charge on any atom is 0.673 e. The van der Waals surface area contributed by atoms with Gasteiger partial charge in [-0.15, -0.1) is 0 Å². The minimum atomic E-state index is -6.00. The molecule has 0 bridgehead atoms. The average Bonchev–Trinajstić information content (AvgIpc) is 2.49. The van der Waals surface area contributed by atoms with Gasteiger partial charge in [0.1, 0.15) is 6.54 Å². The quantitative estimate of drug-likeness (QED) is 0.427. The van der Waals surface area contributed by atoms with Crippen LogP contribution in [0.3, 0.4) is 0 Å².